The number of rotatable bonds is 5. The van der Waals surface area contributed by atoms with E-state index in [4.69, 9.17) is 0 Å². The molecule has 21 heavy (non-hydrogen) atoms. The number of hydrogen-bond acceptors (Lipinski definition) is 3. The zero-order valence-electron chi connectivity index (χ0n) is 12.9. The zero-order chi connectivity index (χ0) is 15.6. The van der Waals surface area contributed by atoms with Crippen LogP contribution in [0.4, 0.5) is 0 Å². The van der Waals surface area contributed by atoms with Crippen molar-refractivity contribution in [3.05, 3.63) is 21.4 Å². The lowest BCUT2D eigenvalue weighted by atomic mass is 9.90. The third-order valence-electron chi connectivity index (χ3n) is 4.41. The van der Waals surface area contributed by atoms with E-state index >= 15 is 0 Å². The Labute approximate surface area is 129 Å². The van der Waals surface area contributed by atoms with E-state index in [1.54, 1.807) is 4.90 Å². The first-order valence-electron chi connectivity index (χ1n) is 7.61. The number of amides is 1. The van der Waals surface area contributed by atoms with Crippen LogP contribution in [0.1, 0.15) is 59.6 Å². The standard InChI is InChI=1S/C16H23NO3S/c1-4-7-16(15(19)20)8-6-9-17(16)14(18)13-10-12(5-2)11(3)21-13/h10H,4-9H2,1-3H3,(H,19,20). The van der Waals surface area contributed by atoms with Gasteiger partial charge in [0.2, 0.25) is 0 Å². The maximum absolute atomic E-state index is 12.8. The second kappa shape index (κ2) is 6.18. The highest BCUT2D eigenvalue weighted by atomic mass is 32.1. The first-order valence-corrected chi connectivity index (χ1v) is 8.42. The minimum Gasteiger partial charge on any atom is -0.479 e. The molecule has 1 aliphatic heterocycles. The molecule has 1 aliphatic rings. The molecule has 0 aromatic carbocycles. The number of carbonyl (C=O) groups excluding carboxylic acids is 1. The molecule has 116 valence electrons. The SMILES string of the molecule is CCCC1(C(=O)O)CCCN1C(=O)c1cc(CC)c(C)s1. The van der Waals surface area contributed by atoms with E-state index in [1.165, 1.54) is 16.9 Å². The molecule has 1 unspecified atom stereocenters. The van der Waals surface area contributed by atoms with Crippen molar-refractivity contribution in [3.8, 4) is 0 Å². The largest absolute Gasteiger partial charge is 0.479 e. The van der Waals surface area contributed by atoms with Crippen LogP contribution in [-0.2, 0) is 11.2 Å². The number of hydrogen-bond donors (Lipinski definition) is 1. The summed E-state index contributed by atoms with van der Waals surface area (Å²) in [5.41, 5.74) is 0.176. The summed E-state index contributed by atoms with van der Waals surface area (Å²) in [5, 5.41) is 9.68. The average molecular weight is 309 g/mol. The molecule has 1 atom stereocenters. The van der Waals surface area contributed by atoms with E-state index in [9.17, 15) is 14.7 Å². The zero-order valence-corrected chi connectivity index (χ0v) is 13.8. The maximum atomic E-state index is 12.8. The normalized spacial score (nSPS) is 21.8. The van der Waals surface area contributed by atoms with E-state index in [0.29, 0.717) is 24.3 Å². The number of aryl methyl sites for hydroxylation is 2. The van der Waals surface area contributed by atoms with Gasteiger partial charge in [0.15, 0.2) is 0 Å². The van der Waals surface area contributed by atoms with Crippen LogP contribution < -0.4 is 0 Å². The molecule has 2 rings (SSSR count). The molecule has 1 amide bonds. The lowest BCUT2D eigenvalue weighted by Gasteiger charge is -2.34. The van der Waals surface area contributed by atoms with E-state index in [2.05, 4.69) is 6.92 Å². The third kappa shape index (κ3) is 2.71. The molecule has 5 heteroatoms. The number of likely N-dealkylation sites (tertiary alicyclic amines) is 1. The molecule has 0 saturated carbocycles. The molecule has 0 spiro atoms. The fourth-order valence-corrected chi connectivity index (χ4v) is 4.35. The number of thiophene rings is 1. The van der Waals surface area contributed by atoms with Gasteiger partial charge < -0.3 is 10.0 Å². The van der Waals surface area contributed by atoms with Crippen LogP contribution in [0.2, 0.25) is 0 Å². The molecule has 0 aliphatic carbocycles. The smallest absolute Gasteiger partial charge is 0.329 e. The van der Waals surface area contributed by atoms with Crippen molar-refractivity contribution in [1.29, 1.82) is 0 Å². The second-order valence-electron chi connectivity index (χ2n) is 5.69. The molecule has 2 heterocycles. The minimum absolute atomic E-state index is 0.115. The van der Waals surface area contributed by atoms with Gasteiger partial charge in [0.05, 0.1) is 4.88 Å². The van der Waals surface area contributed by atoms with Crippen molar-refractivity contribution in [2.24, 2.45) is 0 Å². The summed E-state index contributed by atoms with van der Waals surface area (Å²) in [4.78, 5) is 28.0. The van der Waals surface area contributed by atoms with E-state index < -0.39 is 11.5 Å². The molecule has 4 nitrogen and oxygen atoms in total. The quantitative estimate of drug-likeness (QED) is 0.906. The number of carbonyl (C=O) groups is 2. The average Bonchev–Trinajstić information content (AvgIpc) is 3.03. The van der Waals surface area contributed by atoms with Crippen LogP contribution in [0.15, 0.2) is 6.07 Å². The van der Waals surface area contributed by atoms with Gasteiger partial charge >= 0.3 is 5.97 Å². The van der Waals surface area contributed by atoms with Crippen molar-refractivity contribution in [1.82, 2.24) is 4.90 Å². The molecule has 1 aromatic rings. The van der Waals surface area contributed by atoms with Crippen molar-refractivity contribution >= 4 is 23.2 Å². The van der Waals surface area contributed by atoms with Crippen molar-refractivity contribution in [3.63, 3.8) is 0 Å². The summed E-state index contributed by atoms with van der Waals surface area (Å²) in [6.07, 6.45) is 3.52. The van der Waals surface area contributed by atoms with Gasteiger partial charge in [0, 0.05) is 11.4 Å². The molecular weight excluding hydrogens is 286 g/mol. The molecule has 0 radical (unpaired) electrons. The first kappa shape index (κ1) is 16.0. The Morgan fingerprint density at radius 2 is 2.14 bits per heavy atom. The Morgan fingerprint density at radius 3 is 2.67 bits per heavy atom. The lowest BCUT2D eigenvalue weighted by Crippen LogP contribution is -2.52. The summed E-state index contributed by atoms with van der Waals surface area (Å²) in [6.45, 7) is 6.60. The number of aliphatic carboxylic acids is 1. The van der Waals surface area contributed by atoms with E-state index in [1.807, 2.05) is 19.9 Å². The van der Waals surface area contributed by atoms with Crippen LogP contribution in [-0.4, -0.2) is 34.0 Å². The van der Waals surface area contributed by atoms with Gasteiger partial charge in [0.1, 0.15) is 5.54 Å². The first-order chi connectivity index (χ1) is 9.96. The van der Waals surface area contributed by atoms with Gasteiger partial charge in [-0.1, -0.05) is 20.3 Å². The minimum atomic E-state index is -1.00. The monoisotopic (exact) mass is 309 g/mol. The molecule has 0 bridgehead atoms. The molecule has 1 fully saturated rings. The van der Waals surface area contributed by atoms with Crippen LogP contribution >= 0.6 is 11.3 Å². The third-order valence-corrected chi connectivity index (χ3v) is 5.49. The Morgan fingerprint density at radius 1 is 1.43 bits per heavy atom. The van der Waals surface area contributed by atoms with Crippen molar-refractivity contribution < 1.29 is 14.7 Å². The van der Waals surface area contributed by atoms with Gasteiger partial charge in [-0.05, 0) is 44.2 Å². The molecule has 1 aromatic heterocycles. The number of nitrogens with zero attached hydrogens (tertiary/aromatic N) is 1. The summed E-state index contributed by atoms with van der Waals surface area (Å²) < 4.78 is 0. The molecule has 1 N–H and O–H groups in total. The van der Waals surface area contributed by atoms with Crippen LogP contribution in [0.5, 0.6) is 0 Å². The highest BCUT2D eigenvalue weighted by molar-refractivity contribution is 7.14. The number of carboxylic acids is 1. The fourth-order valence-electron chi connectivity index (χ4n) is 3.29. The fraction of sp³-hybridized carbons (Fsp3) is 0.625. The highest BCUT2D eigenvalue weighted by Crippen LogP contribution is 2.36. The van der Waals surface area contributed by atoms with Gasteiger partial charge in [-0.25, -0.2) is 4.79 Å². The predicted octanol–water partition coefficient (Wildman–Crippen LogP) is 3.48. The van der Waals surface area contributed by atoms with Crippen molar-refractivity contribution in [2.75, 3.05) is 6.54 Å². The predicted molar refractivity (Wildman–Crippen MR) is 84.0 cm³/mol. The maximum Gasteiger partial charge on any atom is 0.329 e. The van der Waals surface area contributed by atoms with Gasteiger partial charge in [-0.2, -0.15) is 0 Å². The van der Waals surface area contributed by atoms with Gasteiger partial charge in [-0.3, -0.25) is 4.79 Å². The van der Waals surface area contributed by atoms with Crippen molar-refractivity contribution in [2.45, 2.75) is 58.4 Å². The summed E-state index contributed by atoms with van der Waals surface area (Å²) in [5.74, 6) is -0.977. The summed E-state index contributed by atoms with van der Waals surface area (Å²) in [7, 11) is 0. The lowest BCUT2D eigenvalue weighted by molar-refractivity contribution is -0.148. The highest BCUT2D eigenvalue weighted by Gasteiger charge is 2.49. The topological polar surface area (TPSA) is 57.6 Å². The van der Waals surface area contributed by atoms with Gasteiger partial charge in [0.25, 0.3) is 5.91 Å². The van der Waals surface area contributed by atoms with E-state index in [0.717, 1.165) is 24.1 Å². The summed E-state index contributed by atoms with van der Waals surface area (Å²) >= 11 is 1.48. The van der Waals surface area contributed by atoms with Gasteiger partial charge in [-0.15, -0.1) is 11.3 Å². The van der Waals surface area contributed by atoms with E-state index in [-0.39, 0.29) is 5.91 Å². The molecular formula is C16H23NO3S. The Kier molecular flexibility index (Phi) is 4.71. The second-order valence-corrected chi connectivity index (χ2v) is 6.95. The number of carboxylic acid groups (broad SMARTS) is 1. The Balaban J connectivity index is 2.34. The Hall–Kier alpha value is -1.36. The van der Waals surface area contributed by atoms with Crippen LogP contribution in [0, 0.1) is 6.92 Å². The van der Waals surface area contributed by atoms with Crippen LogP contribution in [0.3, 0.4) is 0 Å². The van der Waals surface area contributed by atoms with Crippen LogP contribution in [0.25, 0.3) is 0 Å². The summed E-state index contributed by atoms with van der Waals surface area (Å²) in [6, 6.07) is 1.93. The molecule has 1 saturated heterocycles. The Bertz CT molecular complexity index is 552.